The Balaban J connectivity index is 0.00000392. The third kappa shape index (κ3) is 6.65. The molecule has 0 aromatic rings. The van der Waals surface area contributed by atoms with Crippen LogP contribution in [0.4, 0.5) is 0 Å². The first-order valence-electron chi connectivity index (χ1n) is 9.60. The number of likely N-dealkylation sites (tertiary alicyclic amines) is 1. The van der Waals surface area contributed by atoms with Gasteiger partial charge in [0.1, 0.15) is 29.9 Å². The minimum Gasteiger partial charge on any atom is -0.412 e. The van der Waals surface area contributed by atoms with Gasteiger partial charge in [0.15, 0.2) is 0 Å². The molecule has 29 heavy (non-hydrogen) atoms. The zero-order valence-electron chi connectivity index (χ0n) is 17.4. The molecule has 2 saturated heterocycles. The molecule has 0 radical (unpaired) electrons. The van der Waals surface area contributed by atoms with Crippen molar-refractivity contribution >= 4 is 30.1 Å². The highest BCUT2D eigenvalue weighted by Gasteiger charge is 2.48. The summed E-state index contributed by atoms with van der Waals surface area (Å²) >= 11 is 1.20. The number of halogens is 1. The molecule has 1 unspecified atom stereocenters. The minimum atomic E-state index is -1.42. The van der Waals surface area contributed by atoms with Crippen LogP contribution in [0, 0.1) is 11.8 Å². The molecule has 174 valence electrons. The van der Waals surface area contributed by atoms with Gasteiger partial charge in [-0.2, -0.15) is 0 Å². The highest BCUT2D eigenvalue weighted by atomic mass is 35.5. The SMILES string of the molecule is CCC[C@H]1CN(C)CC1C(=O)N[C@@H]([C@H]1O[C@H](SC)[C@H](O)[C@@H](O)[C@H]1O)[C@@H](C)O.Cl.O. The van der Waals surface area contributed by atoms with Gasteiger partial charge < -0.3 is 40.9 Å². The van der Waals surface area contributed by atoms with Crippen LogP contribution in [0.15, 0.2) is 0 Å². The maximum absolute atomic E-state index is 12.9. The first kappa shape index (κ1) is 28.8. The fourth-order valence-electron chi connectivity index (χ4n) is 4.16. The van der Waals surface area contributed by atoms with E-state index in [1.807, 2.05) is 7.05 Å². The summed E-state index contributed by atoms with van der Waals surface area (Å²) in [6.45, 7) is 5.10. The van der Waals surface area contributed by atoms with Crippen molar-refractivity contribution < 1.29 is 35.4 Å². The van der Waals surface area contributed by atoms with Gasteiger partial charge in [0.05, 0.1) is 18.1 Å². The number of thioether (sulfide) groups is 1. The molecular formula is C18H37ClN2O7S. The van der Waals surface area contributed by atoms with E-state index >= 15 is 0 Å². The summed E-state index contributed by atoms with van der Waals surface area (Å²) in [5.41, 5.74) is -0.753. The van der Waals surface area contributed by atoms with Crippen molar-refractivity contribution in [1.82, 2.24) is 10.2 Å². The molecule has 2 fully saturated rings. The molecule has 0 saturated carbocycles. The number of carbonyl (C=O) groups is 1. The van der Waals surface area contributed by atoms with E-state index in [0.717, 1.165) is 19.4 Å². The largest absolute Gasteiger partial charge is 0.412 e. The average Bonchev–Trinajstić information content (AvgIpc) is 2.99. The summed E-state index contributed by atoms with van der Waals surface area (Å²) in [6, 6.07) is -0.891. The second-order valence-electron chi connectivity index (χ2n) is 7.83. The molecule has 7 N–H and O–H groups in total. The van der Waals surface area contributed by atoms with Crippen LogP contribution in [0.3, 0.4) is 0 Å². The van der Waals surface area contributed by atoms with E-state index < -0.39 is 42.0 Å². The van der Waals surface area contributed by atoms with E-state index in [0.29, 0.717) is 6.54 Å². The lowest BCUT2D eigenvalue weighted by Crippen LogP contribution is -2.65. The molecule has 2 aliphatic rings. The van der Waals surface area contributed by atoms with Crippen LogP contribution in [0.5, 0.6) is 0 Å². The predicted octanol–water partition coefficient (Wildman–Crippen LogP) is -1.40. The van der Waals surface area contributed by atoms with Gasteiger partial charge in [0, 0.05) is 13.1 Å². The molecule has 0 aromatic heterocycles. The van der Waals surface area contributed by atoms with Crippen LogP contribution >= 0.6 is 24.2 Å². The quantitative estimate of drug-likeness (QED) is 0.310. The van der Waals surface area contributed by atoms with Gasteiger partial charge in [-0.25, -0.2) is 0 Å². The Morgan fingerprint density at radius 2 is 1.86 bits per heavy atom. The van der Waals surface area contributed by atoms with Crippen molar-refractivity contribution in [2.24, 2.45) is 11.8 Å². The molecule has 11 heteroatoms. The zero-order chi connectivity index (χ0) is 20.3. The number of nitrogens with zero attached hydrogens (tertiary/aromatic N) is 1. The van der Waals surface area contributed by atoms with Crippen LogP contribution in [0.2, 0.25) is 0 Å². The topological polar surface area (TPSA) is 154 Å². The summed E-state index contributed by atoms with van der Waals surface area (Å²) < 4.78 is 5.73. The van der Waals surface area contributed by atoms with Gasteiger partial charge in [0.25, 0.3) is 0 Å². The summed E-state index contributed by atoms with van der Waals surface area (Å²) in [6.07, 6.45) is -2.43. The Morgan fingerprint density at radius 3 is 2.38 bits per heavy atom. The third-order valence-corrected chi connectivity index (χ3v) is 6.50. The Hall–Kier alpha value is -0.170. The Labute approximate surface area is 182 Å². The van der Waals surface area contributed by atoms with Crippen molar-refractivity contribution in [2.75, 3.05) is 26.4 Å². The minimum absolute atomic E-state index is 0. The van der Waals surface area contributed by atoms with Gasteiger partial charge in [-0.05, 0) is 32.6 Å². The molecule has 0 aromatic carbocycles. The lowest BCUT2D eigenvalue weighted by atomic mass is 9.89. The molecule has 2 aliphatic heterocycles. The second kappa shape index (κ2) is 12.6. The van der Waals surface area contributed by atoms with Crippen LogP contribution in [-0.4, -0.2) is 105 Å². The number of hydrogen-bond acceptors (Lipinski definition) is 8. The summed E-state index contributed by atoms with van der Waals surface area (Å²) in [4.78, 5) is 15.1. The number of nitrogens with one attached hydrogen (secondary N) is 1. The number of rotatable bonds is 7. The highest BCUT2D eigenvalue weighted by molar-refractivity contribution is 7.99. The van der Waals surface area contributed by atoms with E-state index in [2.05, 4.69) is 17.1 Å². The van der Waals surface area contributed by atoms with Gasteiger partial charge in [-0.15, -0.1) is 24.2 Å². The fourth-order valence-corrected chi connectivity index (χ4v) is 4.84. The molecule has 2 rings (SSSR count). The van der Waals surface area contributed by atoms with Crippen molar-refractivity contribution in [3.8, 4) is 0 Å². The van der Waals surface area contributed by atoms with Crippen molar-refractivity contribution in [3.63, 3.8) is 0 Å². The number of ether oxygens (including phenoxy) is 1. The molecule has 9 atom stereocenters. The van der Waals surface area contributed by atoms with Crippen LogP contribution in [0.1, 0.15) is 26.7 Å². The lowest BCUT2D eigenvalue weighted by molar-refractivity contribution is -0.211. The van der Waals surface area contributed by atoms with Crippen molar-refractivity contribution in [3.05, 3.63) is 0 Å². The Kier molecular flexibility index (Phi) is 12.6. The molecule has 0 spiro atoms. The number of carbonyl (C=O) groups excluding carboxylic acids is 1. The van der Waals surface area contributed by atoms with E-state index in [1.54, 1.807) is 6.26 Å². The lowest BCUT2D eigenvalue weighted by Gasteiger charge is -2.44. The molecular weight excluding hydrogens is 424 g/mol. The van der Waals surface area contributed by atoms with E-state index in [1.165, 1.54) is 18.7 Å². The van der Waals surface area contributed by atoms with Gasteiger partial charge in [-0.1, -0.05) is 13.3 Å². The fraction of sp³-hybridized carbons (Fsp3) is 0.944. The van der Waals surface area contributed by atoms with Crippen LogP contribution < -0.4 is 5.32 Å². The van der Waals surface area contributed by atoms with E-state index in [9.17, 15) is 25.2 Å². The summed E-state index contributed by atoms with van der Waals surface area (Å²) in [5.74, 6) is -0.122. The molecule has 1 amide bonds. The summed E-state index contributed by atoms with van der Waals surface area (Å²) in [5, 5.41) is 43.6. The molecule has 0 bridgehead atoms. The number of hydrogen-bond donors (Lipinski definition) is 5. The molecule has 9 nitrogen and oxygen atoms in total. The third-order valence-electron chi connectivity index (χ3n) is 5.64. The maximum Gasteiger partial charge on any atom is 0.225 e. The second-order valence-corrected chi connectivity index (χ2v) is 8.76. The van der Waals surface area contributed by atoms with Gasteiger partial charge in [0.2, 0.25) is 5.91 Å². The van der Waals surface area contributed by atoms with E-state index in [4.69, 9.17) is 4.74 Å². The standard InChI is InChI=1S/C18H34N2O6S.ClH.H2O/c1-5-6-10-7-20(3)8-11(10)17(25)19-12(9(2)21)16-14(23)13(22)15(24)18(26-16)27-4;;/h9-16,18,21-24H,5-8H2,1-4H3,(H,19,25);1H;1H2/t9-,10+,11?,12-,13+,14-,15-,16-,18-;;/m1../s1. The zero-order valence-corrected chi connectivity index (χ0v) is 19.0. The number of aliphatic hydroxyl groups excluding tert-OH is 4. The van der Waals surface area contributed by atoms with E-state index in [-0.39, 0.29) is 35.6 Å². The monoisotopic (exact) mass is 460 g/mol. The van der Waals surface area contributed by atoms with Crippen LogP contribution in [0.25, 0.3) is 0 Å². The predicted molar refractivity (Wildman–Crippen MR) is 114 cm³/mol. The highest BCUT2D eigenvalue weighted by Crippen LogP contribution is 2.31. The average molecular weight is 461 g/mol. The van der Waals surface area contributed by atoms with Crippen molar-refractivity contribution in [2.45, 2.75) is 68.7 Å². The number of aliphatic hydroxyl groups is 4. The van der Waals surface area contributed by atoms with Crippen molar-refractivity contribution in [1.29, 1.82) is 0 Å². The van der Waals surface area contributed by atoms with Crippen LogP contribution in [-0.2, 0) is 9.53 Å². The smallest absolute Gasteiger partial charge is 0.225 e. The first-order chi connectivity index (χ1) is 12.7. The molecule has 2 heterocycles. The molecule has 0 aliphatic carbocycles. The maximum atomic E-state index is 12.9. The number of amides is 1. The Morgan fingerprint density at radius 1 is 1.24 bits per heavy atom. The Bertz CT molecular complexity index is 503. The normalized spacial score (nSPS) is 37.2. The summed E-state index contributed by atoms with van der Waals surface area (Å²) in [7, 11) is 1.98. The van der Waals surface area contributed by atoms with Gasteiger partial charge in [-0.3, -0.25) is 4.79 Å². The van der Waals surface area contributed by atoms with Gasteiger partial charge >= 0.3 is 0 Å². The first-order valence-corrected chi connectivity index (χ1v) is 10.9.